The molecular weight excluding hydrogens is 801 g/mol. The first-order valence-corrected chi connectivity index (χ1v) is 27.4. The molecule has 0 N–H and O–H groups in total. The lowest BCUT2D eigenvalue weighted by atomic mass is 9.84. The van der Waals surface area contributed by atoms with Crippen molar-refractivity contribution in [2.75, 3.05) is 0 Å². The summed E-state index contributed by atoms with van der Waals surface area (Å²) in [5, 5.41) is 1.46. The van der Waals surface area contributed by atoms with Crippen LogP contribution >= 0.6 is 36.2 Å². The molecule has 0 aromatic heterocycles. The molecule has 0 aliphatic heterocycles. The summed E-state index contributed by atoms with van der Waals surface area (Å²) >= 11 is 13.6. The SMILES string of the molecule is CCCCCCCCCCCCCCCC(=S)Oc1cc(C)c(CSCc2cc(C(C)(C)C)c(OC(=S)CCCCCCCCCCCCCCC)cc2C)cc1C(C)(C)C. The number of hydrogen-bond donors (Lipinski definition) is 0. The Labute approximate surface area is 394 Å². The molecule has 348 valence electrons. The van der Waals surface area contributed by atoms with Crippen LogP contribution in [0.5, 0.6) is 11.5 Å². The smallest absolute Gasteiger partial charge is 0.167 e. The number of hydrogen-bond acceptors (Lipinski definition) is 5. The van der Waals surface area contributed by atoms with Gasteiger partial charge in [0.2, 0.25) is 0 Å². The minimum atomic E-state index is -0.0468. The van der Waals surface area contributed by atoms with Crippen LogP contribution in [0.25, 0.3) is 0 Å². The van der Waals surface area contributed by atoms with Gasteiger partial charge in [0.25, 0.3) is 0 Å². The lowest BCUT2D eigenvalue weighted by Gasteiger charge is -2.25. The van der Waals surface area contributed by atoms with E-state index in [0.29, 0.717) is 0 Å². The molecule has 0 saturated carbocycles. The molecule has 0 aliphatic carbocycles. The largest absolute Gasteiger partial charge is 0.450 e. The molecule has 0 spiro atoms. The van der Waals surface area contributed by atoms with Gasteiger partial charge in [-0.3, -0.25) is 0 Å². The maximum absolute atomic E-state index is 6.45. The van der Waals surface area contributed by atoms with Crippen LogP contribution in [-0.2, 0) is 22.3 Å². The minimum absolute atomic E-state index is 0.0468. The van der Waals surface area contributed by atoms with Crippen LogP contribution in [-0.4, -0.2) is 10.1 Å². The summed E-state index contributed by atoms with van der Waals surface area (Å²) in [4.78, 5) is 0. The zero-order chi connectivity index (χ0) is 44.9. The van der Waals surface area contributed by atoms with Crippen molar-refractivity contribution in [2.24, 2.45) is 0 Å². The van der Waals surface area contributed by atoms with E-state index in [2.05, 4.69) is 93.5 Å². The van der Waals surface area contributed by atoms with Crippen LogP contribution in [0, 0.1) is 13.8 Å². The molecule has 0 radical (unpaired) electrons. The monoisotopic (exact) mass is 895 g/mol. The Morgan fingerprint density at radius 3 is 0.951 bits per heavy atom. The average Bonchev–Trinajstić information content (AvgIpc) is 3.19. The van der Waals surface area contributed by atoms with Gasteiger partial charge in [-0.15, -0.1) is 0 Å². The van der Waals surface area contributed by atoms with Crippen LogP contribution in [0.15, 0.2) is 24.3 Å². The predicted molar refractivity (Wildman–Crippen MR) is 282 cm³/mol. The predicted octanol–water partition coefficient (Wildman–Crippen LogP) is 19.7. The van der Waals surface area contributed by atoms with Crippen molar-refractivity contribution >= 4 is 46.3 Å². The number of aryl methyl sites for hydroxylation is 2. The molecule has 2 aromatic rings. The molecule has 0 unspecified atom stereocenters. The molecule has 0 amide bonds. The maximum Gasteiger partial charge on any atom is 0.167 e. The number of thioether (sulfide) groups is 1. The Kier molecular flexibility index (Phi) is 29.5. The summed E-state index contributed by atoms with van der Waals surface area (Å²) in [6.45, 7) is 22.7. The van der Waals surface area contributed by atoms with E-state index in [4.69, 9.17) is 33.9 Å². The van der Waals surface area contributed by atoms with Crippen molar-refractivity contribution in [1.82, 2.24) is 0 Å². The van der Waals surface area contributed by atoms with Gasteiger partial charge >= 0.3 is 0 Å². The Balaban J connectivity index is 1.84. The molecule has 0 heterocycles. The molecule has 0 fully saturated rings. The first kappa shape index (κ1) is 55.7. The van der Waals surface area contributed by atoms with Crippen molar-refractivity contribution in [1.29, 1.82) is 0 Å². The van der Waals surface area contributed by atoms with Crippen molar-refractivity contribution in [3.05, 3.63) is 57.6 Å². The van der Waals surface area contributed by atoms with Gasteiger partial charge in [0.15, 0.2) is 10.1 Å². The second-order valence-electron chi connectivity index (χ2n) is 20.5. The van der Waals surface area contributed by atoms with Gasteiger partial charge in [-0.25, -0.2) is 0 Å². The van der Waals surface area contributed by atoms with Crippen molar-refractivity contribution in [3.63, 3.8) is 0 Å². The lowest BCUT2D eigenvalue weighted by molar-refractivity contribution is 0.494. The van der Waals surface area contributed by atoms with E-state index in [-0.39, 0.29) is 10.8 Å². The van der Waals surface area contributed by atoms with Crippen molar-refractivity contribution < 1.29 is 9.47 Å². The summed E-state index contributed by atoms with van der Waals surface area (Å²) in [6, 6.07) is 9.24. The molecule has 0 saturated heterocycles. The molecule has 2 aromatic carbocycles. The van der Waals surface area contributed by atoms with Gasteiger partial charge in [0.1, 0.15) is 11.5 Å². The van der Waals surface area contributed by atoms with Crippen LogP contribution in [0.1, 0.15) is 269 Å². The van der Waals surface area contributed by atoms with E-state index in [1.165, 1.54) is 187 Å². The zero-order valence-corrected chi connectivity index (χ0v) is 44.0. The maximum atomic E-state index is 6.45. The van der Waals surface area contributed by atoms with E-state index < -0.39 is 0 Å². The number of rotatable bonds is 34. The van der Waals surface area contributed by atoms with Gasteiger partial charge in [0, 0.05) is 35.5 Å². The molecule has 0 atom stereocenters. The molecular formula is C56H94O2S3. The Bertz CT molecular complexity index is 1390. The second-order valence-corrected chi connectivity index (χ2v) is 22.4. The molecule has 2 rings (SSSR count). The summed E-state index contributed by atoms with van der Waals surface area (Å²) in [5.41, 5.74) is 7.67. The Hall–Kier alpha value is -1.43. The minimum Gasteiger partial charge on any atom is -0.450 e. The quantitative estimate of drug-likeness (QED) is 0.0513. The molecule has 0 aliphatic rings. The normalized spacial score (nSPS) is 12.0. The fourth-order valence-electron chi connectivity index (χ4n) is 8.30. The molecule has 0 bridgehead atoms. The third kappa shape index (κ3) is 25.0. The third-order valence-electron chi connectivity index (χ3n) is 12.4. The fourth-order valence-corrected chi connectivity index (χ4v) is 9.93. The molecule has 5 heteroatoms. The van der Waals surface area contributed by atoms with E-state index in [1.54, 1.807) is 0 Å². The topological polar surface area (TPSA) is 18.5 Å². The second kappa shape index (κ2) is 32.3. The number of thiocarbonyl (C=S) groups is 2. The third-order valence-corrected chi connectivity index (χ3v) is 14.0. The highest BCUT2D eigenvalue weighted by molar-refractivity contribution is 7.97. The first-order chi connectivity index (χ1) is 29.2. The van der Waals surface area contributed by atoms with Crippen LogP contribution < -0.4 is 9.47 Å². The summed E-state index contributed by atoms with van der Waals surface area (Å²) in [7, 11) is 0. The first-order valence-electron chi connectivity index (χ1n) is 25.4. The zero-order valence-electron chi connectivity index (χ0n) is 41.6. The van der Waals surface area contributed by atoms with Crippen LogP contribution in [0.2, 0.25) is 0 Å². The van der Waals surface area contributed by atoms with Gasteiger partial charge in [0.05, 0.1) is 0 Å². The van der Waals surface area contributed by atoms with Crippen molar-refractivity contribution in [2.45, 2.75) is 271 Å². The highest BCUT2D eigenvalue weighted by atomic mass is 32.2. The Morgan fingerprint density at radius 2 is 0.689 bits per heavy atom. The van der Waals surface area contributed by atoms with E-state index >= 15 is 0 Å². The highest BCUT2D eigenvalue weighted by Crippen LogP contribution is 2.38. The van der Waals surface area contributed by atoms with E-state index in [0.717, 1.165) is 58.8 Å². The summed E-state index contributed by atoms with van der Waals surface area (Å²) in [5.74, 6) is 3.77. The van der Waals surface area contributed by atoms with Crippen LogP contribution in [0.3, 0.4) is 0 Å². The number of benzene rings is 2. The molecule has 2 nitrogen and oxygen atoms in total. The fraction of sp³-hybridized carbons (Fsp3) is 0.750. The van der Waals surface area contributed by atoms with Gasteiger partial charge in [-0.05, 0) is 96.3 Å². The van der Waals surface area contributed by atoms with E-state index in [9.17, 15) is 0 Å². The summed E-state index contributed by atoms with van der Waals surface area (Å²) < 4.78 is 12.9. The molecule has 61 heavy (non-hydrogen) atoms. The lowest BCUT2D eigenvalue weighted by Crippen LogP contribution is -2.17. The number of unbranched alkanes of at least 4 members (excludes halogenated alkanes) is 24. The van der Waals surface area contributed by atoms with Gasteiger partial charge < -0.3 is 9.47 Å². The highest BCUT2D eigenvalue weighted by Gasteiger charge is 2.24. The number of ether oxygens (including phenoxy) is 2. The Morgan fingerprint density at radius 1 is 0.426 bits per heavy atom. The average molecular weight is 896 g/mol. The van der Waals surface area contributed by atoms with Crippen molar-refractivity contribution in [3.8, 4) is 11.5 Å². The summed E-state index contributed by atoms with van der Waals surface area (Å²) in [6.07, 6.45) is 37.0. The van der Waals surface area contributed by atoms with Gasteiger partial charge in [-0.1, -0.05) is 222 Å². The van der Waals surface area contributed by atoms with E-state index in [1.807, 2.05) is 11.8 Å². The standard InChI is InChI=1S/C56H94O2S3/c1-11-13-15-17-19-21-23-25-27-29-31-33-35-37-53(59)57-51-39-45(3)47(41-49(51)55(5,6)7)43-61-44-48-42-50(56(8,9)10)52(40-46(48)4)58-54(60)38-36-34-32-30-28-26-24-22-20-18-16-14-12-2/h39-42H,11-38,43-44H2,1-10H3. The van der Waals surface area contributed by atoms with Crippen LogP contribution in [0.4, 0.5) is 0 Å². The van der Waals surface area contributed by atoms with Gasteiger partial charge in [-0.2, -0.15) is 11.8 Å².